The quantitative estimate of drug-likeness (QED) is 0.594. The van der Waals surface area contributed by atoms with Gasteiger partial charge in [0.05, 0.1) is 19.8 Å². The number of hydrogen-bond donors (Lipinski definition) is 2. The Labute approximate surface area is 175 Å². The zero-order chi connectivity index (χ0) is 21.3. The lowest BCUT2D eigenvalue weighted by Gasteiger charge is -2.20. The lowest BCUT2D eigenvalue weighted by molar-refractivity contribution is 0.0943. The van der Waals surface area contributed by atoms with Gasteiger partial charge in [0.1, 0.15) is 5.75 Å². The molecule has 0 radical (unpaired) electrons. The lowest BCUT2D eigenvalue weighted by atomic mass is 9.98. The Morgan fingerprint density at radius 2 is 1.60 bits per heavy atom. The predicted molar refractivity (Wildman–Crippen MR) is 116 cm³/mol. The third kappa shape index (κ3) is 5.38. The molecule has 6 heteroatoms. The number of benzene rings is 3. The first kappa shape index (κ1) is 20.9. The van der Waals surface area contributed by atoms with Crippen LogP contribution >= 0.6 is 0 Å². The summed E-state index contributed by atoms with van der Waals surface area (Å²) in [4.78, 5) is 24.7. The zero-order valence-electron chi connectivity index (χ0n) is 16.9. The number of ether oxygens (including phenoxy) is 2. The molecular formula is C24H24N2O4. The fourth-order valence-corrected chi connectivity index (χ4v) is 3.04. The molecule has 0 heterocycles. The molecule has 0 bridgehead atoms. The van der Waals surface area contributed by atoms with Gasteiger partial charge in [-0.05, 0) is 48.4 Å². The van der Waals surface area contributed by atoms with Gasteiger partial charge in [-0.2, -0.15) is 0 Å². The largest absolute Gasteiger partial charge is 0.497 e. The number of methoxy groups -OCH3 is 1. The van der Waals surface area contributed by atoms with Gasteiger partial charge in [0.25, 0.3) is 5.91 Å². The topological polar surface area (TPSA) is 76.7 Å². The van der Waals surface area contributed by atoms with Crippen LogP contribution in [0.1, 0.15) is 34.5 Å². The van der Waals surface area contributed by atoms with Crippen molar-refractivity contribution in [3.8, 4) is 5.75 Å². The molecule has 1 atom stereocenters. The molecule has 0 spiro atoms. The van der Waals surface area contributed by atoms with Gasteiger partial charge in [0.15, 0.2) is 0 Å². The Bertz CT molecular complexity index is 988. The van der Waals surface area contributed by atoms with Crippen molar-refractivity contribution in [1.82, 2.24) is 5.32 Å². The van der Waals surface area contributed by atoms with Crippen molar-refractivity contribution in [2.24, 2.45) is 0 Å². The van der Waals surface area contributed by atoms with Crippen molar-refractivity contribution in [2.45, 2.75) is 13.0 Å². The predicted octanol–water partition coefficient (Wildman–Crippen LogP) is 4.78. The van der Waals surface area contributed by atoms with Gasteiger partial charge in [-0.3, -0.25) is 10.1 Å². The summed E-state index contributed by atoms with van der Waals surface area (Å²) in [6.07, 6.45) is -0.560. The van der Waals surface area contributed by atoms with E-state index in [1.165, 1.54) is 0 Å². The Hall–Kier alpha value is -3.80. The van der Waals surface area contributed by atoms with Crippen molar-refractivity contribution in [3.05, 3.63) is 95.6 Å². The van der Waals surface area contributed by atoms with E-state index in [0.29, 0.717) is 11.3 Å². The van der Waals surface area contributed by atoms with E-state index < -0.39 is 6.09 Å². The summed E-state index contributed by atoms with van der Waals surface area (Å²) in [7, 11) is 1.61. The SMILES string of the molecule is CCOC(=O)Nc1cccc(C(=O)NC(c2ccccc2)c2ccc(OC)cc2)c1. The summed E-state index contributed by atoms with van der Waals surface area (Å²) >= 11 is 0. The molecule has 2 N–H and O–H groups in total. The molecule has 0 aliphatic heterocycles. The van der Waals surface area contributed by atoms with E-state index in [0.717, 1.165) is 16.9 Å². The maximum Gasteiger partial charge on any atom is 0.411 e. The van der Waals surface area contributed by atoms with E-state index in [1.54, 1.807) is 38.3 Å². The second-order valence-electron chi connectivity index (χ2n) is 6.52. The highest BCUT2D eigenvalue weighted by molar-refractivity contribution is 5.96. The minimum atomic E-state index is -0.560. The van der Waals surface area contributed by atoms with Gasteiger partial charge in [-0.25, -0.2) is 4.79 Å². The standard InChI is InChI=1S/C24H24N2O4/c1-3-30-24(28)25-20-11-7-10-19(16-20)23(27)26-22(17-8-5-4-6-9-17)18-12-14-21(29-2)15-13-18/h4-16,22H,3H2,1-2H3,(H,25,28)(H,26,27). The van der Waals surface area contributed by atoms with Gasteiger partial charge < -0.3 is 14.8 Å². The minimum absolute atomic E-state index is 0.257. The van der Waals surface area contributed by atoms with Crippen molar-refractivity contribution in [3.63, 3.8) is 0 Å². The number of carbonyl (C=O) groups is 2. The van der Waals surface area contributed by atoms with Crippen LogP contribution in [-0.4, -0.2) is 25.7 Å². The van der Waals surface area contributed by atoms with E-state index >= 15 is 0 Å². The van der Waals surface area contributed by atoms with E-state index in [9.17, 15) is 9.59 Å². The fourth-order valence-electron chi connectivity index (χ4n) is 3.04. The number of hydrogen-bond acceptors (Lipinski definition) is 4. The molecule has 2 amide bonds. The zero-order valence-corrected chi connectivity index (χ0v) is 16.9. The van der Waals surface area contributed by atoms with Crippen LogP contribution in [0.5, 0.6) is 5.75 Å². The van der Waals surface area contributed by atoms with Crippen LogP contribution in [0.3, 0.4) is 0 Å². The normalized spacial score (nSPS) is 11.3. The number of anilines is 1. The molecule has 6 nitrogen and oxygen atoms in total. The molecule has 3 aromatic carbocycles. The third-order valence-corrected chi connectivity index (χ3v) is 4.50. The van der Waals surface area contributed by atoms with Crippen molar-refractivity contribution >= 4 is 17.7 Å². The van der Waals surface area contributed by atoms with Crippen molar-refractivity contribution in [1.29, 1.82) is 0 Å². The van der Waals surface area contributed by atoms with Crippen molar-refractivity contribution < 1.29 is 19.1 Å². The summed E-state index contributed by atoms with van der Waals surface area (Å²) in [6.45, 7) is 2.00. The number of nitrogens with one attached hydrogen (secondary N) is 2. The molecule has 1 unspecified atom stereocenters. The molecule has 0 aliphatic rings. The molecule has 0 aromatic heterocycles. The van der Waals surface area contributed by atoms with Crippen LogP contribution in [0, 0.1) is 0 Å². The van der Waals surface area contributed by atoms with Gasteiger partial charge in [-0.1, -0.05) is 48.5 Å². The summed E-state index contributed by atoms with van der Waals surface area (Å²) in [6, 6.07) is 23.7. The highest BCUT2D eigenvalue weighted by Crippen LogP contribution is 2.25. The van der Waals surface area contributed by atoms with Crippen LogP contribution in [0.2, 0.25) is 0 Å². The average Bonchev–Trinajstić information content (AvgIpc) is 2.78. The Morgan fingerprint density at radius 3 is 2.27 bits per heavy atom. The summed E-state index contributed by atoms with van der Waals surface area (Å²) in [5, 5.41) is 5.70. The molecule has 0 saturated heterocycles. The smallest absolute Gasteiger partial charge is 0.411 e. The first-order chi connectivity index (χ1) is 14.6. The second kappa shape index (κ2) is 10.1. The first-order valence-electron chi connectivity index (χ1n) is 9.64. The van der Waals surface area contributed by atoms with E-state index in [2.05, 4.69) is 10.6 Å². The summed E-state index contributed by atoms with van der Waals surface area (Å²) in [5.74, 6) is 0.488. The van der Waals surface area contributed by atoms with Crippen LogP contribution in [0.15, 0.2) is 78.9 Å². The summed E-state index contributed by atoms with van der Waals surface area (Å²) < 4.78 is 10.1. The molecule has 3 rings (SSSR count). The second-order valence-corrected chi connectivity index (χ2v) is 6.52. The monoisotopic (exact) mass is 404 g/mol. The van der Waals surface area contributed by atoms with Crippen LogP contribution in [0.25, 0.3) is 0 Å². The van der Waals surface area contributed by atoms with E-state index in [-0.39, 0.29) is 18.6 Å². The van der Waals surface area contributed by atoms with Gasteiger partial charge in [-0.15, -0.1) is 0 Å². The summed E-state index contributed by atoms with van der Waals surface area (Å²) in [5.41, 5.74) is 2.80. The Balaban J connectivity index is 1.84. The number of rotatable bonds is 7. The maximum atomic E-state index is 13.0. The van der Waals surface area contributed by atoms with E-state index in [1.807, 2.05) is 54.6 Å². The van der Waals surface area contributed by atoms with Gasteiger partial charge in [0.2, 0.25) is 0 Å². The lowest BCUT2D eigenvalue weighted by Crippen LogP contribution is -2.29. The maximum absolute atomic E-state index is 13.0. The molecule has 0 saturated carbocycles. The highest BCUT2D eigenvalue weighted by atomic mass is 16.5. The van der Waals surface area contributed by atoms with Gasteiger partial charge in [0, 0.05) is 11.3 Å². The van der Waals surface area contributed by atoms with Crippen LogP contribution in [0.4, 0.5) is 10.5 Å². The number of amides is 2. The highest BCUT2D eigenvalue weighted by Gasteiger charge is 2.18. The Kier molecular flexibility index (Phi) is 7.05. The van der Waals surface area contributed by atoms with Crippen LogP contribution < -0.4 is 15.4 Å². The minimum Gasteiger partial charge on any atom is -0.497 e. The van der Waals surface area contributed by atoms with E-state index in [4.69, 9.17) is 9.47 Å². The number of carbonyl (C=O) groups excluding carboxylic acids is 2. The van der Waals surface area contributed by atoms with Crippen LogP contribution in [-0.2, 0) is 4.74 Å². The molecule has 30 heavy (non-hydrogen) atoms. The van der Waals surface area contributed by atoms with Gasteiger partial charge >= 0.3 is 6.09 Å². The average molecular weight is 404 g/mol. The molecule has 0 fully saturated rings. The first-order valence-corrected chi connectivity index (χ1v) is 9.64. The fraction of sp³-hybridized carbons (Fsp3) is 0.167. The molecule has 0 aliphatic carbocycles. The third-order valence-electron chi connectivity index (χ3n) is 4.50. The molecular weight excluding hydrogens is 380 g/mol. The molecule has 3 aromatic rings. The molecule has 154 valence electrons. The Morgan fingerprint density at radius 1 is 0.900 bits per heavy atom. The van der Waals surface area contributed by atoms with Crippen molar-refractivity contribution in [2.75, 3.05) is 19.0 Å².